The molecular weight excluding hydrogens is 440 g/mol. The Morgan fingerprint density at radius 2 is 1.79 bits per heavy atom. The number of hydrogen-bond acceptors (Lipinski definition) is 3. The first-order valence-corrected chi connectivity index (χ1v) is 11.1. The molecule has 0 unspecified atom stereocenters. The van der Waals surface area contributed by atoms with Gasteiger partial charge in [0.1, 0.15) is 17.2 Å². The fourth-order valence-electron chi connectivity index (χ4n) is 4.44. The average Bonchev–Trinajstić information content (AvgIpc) is 2.83. The number of nitrogens with zero attached hydrogens (tertiary/aromatic N) is 1. The maximum absolute atomic E-state index is 14.1. The van der Waals surface area contributed by atoms with Crippen molar-refractivity contribution in [3.05, 3.63) is 95.6 Å². The van der Waals surface area contributed by atoms with Crippen molar-refractivity contribution in [2.75, 3.05) is 6.54 Å². The van der Waals surface area contributed by atoms with E-state index in [1.165, 1.54) is 12.1 Å². The number of carboxylic acids is 1. The maximum atomic E-state index is 14.1. The van der Waals surface area contributed by atoms with E-state index in [0.717, 1.165) is 17.2 Å². The minimum absolute atomic E-state index is 0.112. The quantitative estimate of drug-likeness (QED) is 0.445. The number of cyclic esters (lactones) is 1. The van der Waals surface area contributed by atoms with Crippen LogP contribution in [0.5, 0.6) is 0 Å². The highest BCUT2D eigenvalue weighted by Gasteiger charge is 2.43. The number of rotatable bonds is 7. The molecule has 0 radical (unpaired) electrons. The Labute approximate surface area is 196 Å². The molecule has 3 aromatic rings. The van der Waals surface area contributed by atoms with Crippen LogP contribution in [0.1, 0.15) is 43.4 Å². The normalized spacial score (nSPS) is 18.9. The van der Waals surface area contributed by atoms with E-state index in [0.29, 0.717) is 24.1 Å². The van der Waals surface area contributed by atoms with Gasteiger partial charge < -0.3 is 14.7 Å². The lowest BCUT2D eigenvalue weighted by Gasteiger charge is -2.43. The largest absolute Gasteiger partial charge is 0.481 e. The molecule has 0 aliphatic carbocycles. The molecule has 4 rings (SSSR count). The number of carbonyl (C=O) groups excluding carboxylic acids is 1. The van der Waals surface area contributed by atoms with E-state index >= 15 is 0 Å². The Kier molecular flexibility index (Phi) is 6.63. The van der Waals surface area contributed by atoms with Crippen LogP contribution in [0.2, 0.25) is 0 Å². The van der Waals surface area contributed by atoms with Crippen molar-refractivity contribution in [1.29, 1.82) is 0 Å². The van der Waals surface area contributed by atoms with Gasteiger partial charge >= 0.3 is 12.1 Å². The third-order valence-electron chi connectivity index (χ3n) is 6.42. The lowest BCUT2D eigenvalue weighted by atomic mass is 9.84. The first-order chi connectivity index (χ1) is 16.3. The highest BCUT2D eigenvalue weighted by Crippen LogP contribution is 2.40. The van der Waals surface area contributed by atoms with Crippen LogP contribution in [0.3, 0.4) is 0 Å². The van der Waals surface area contributed by atoms with Crippen LogP contribution in [0.15, 0.2) is 72.8 Å². The fourth-order valence-corrected chi connectivity index (χ4v) is 4.44. The lowest BCUT2D eigenvalue weighted by molar-refractivity contribution is -0.139. The smallest absolute Gasteiger partial charge is 0.411 e. The average molecular weight is 465 g/mol. The zero-order chi connectivity index (χ0) is 24.3. The SMILES string of the molecule is C[C@@H](c1ccc(-c2ccc(F)cc2F)cc1)N1CC[C@@](CCC(=O)O)(c2ccccc2)OC1=O. The number of hydrogen-bond donors (Lipinski definition) is 1. The van der Waals surface area contributed by atoms with Gasteiger partial charge in [-0.2, -0.15) is 0 Å². The molecule has 2 atom stereocenters. The van der Waals surface area contributed by atoms with Gasteiger partial charge in [-0.1, -0.05) is 54.6 Å². The van der Waals surface area contributed by atoms with Crippen molar-refractivity contribution >= 4 is 12.1 Å². The summed E-state index contributed by atoms with van der Waals surface area (Å²) in [5, 5.41) is 9.20. The molecule has 176 valence electrons. The van der Waals surface area contributed by atoms with Gasteiger partial charge in [-0.15, -0.1) is 0 Å². The Hall–Kier alpha value is -3.74. The molecule has 1 N–H and O–H groups in total. The van der Waals surface area contributed by atoms with E-state index in [9.17, 15) is 23.5 Å². The third-order valence-corrected chi connectivity index (χ3v) is 6.42. The van der Waals surface area contributed by atoms with Crippen LogP contribution in [0.4, 0.5) is 13.6 Å². The summed E-state index contributed by atoms with van der Waals surface area (Å²) in [6.07, 6.45) is 0.0260. The summed E-state index contributed by atoms with van der Waals surface area (Å²) in [5.74, 6) is -2.22. The highest BCUT2D eigenvalue weighted by atomic mass is 19.1. The third kappa shape index (κ3) is 4.78. The molecule has 1 aliphatic rings. The molecular formula is C27H25F2NO4. The first-order valence-electron chi connectivity index (χ1n) is 11.1. The maximum Gasteiger partial charge on any atom is 0.411 e. The minimum atomic E-state index is -0.989. The number of halogens is 2. The Morgan fingerprint density at radius 1 is 1.09 bits per heavy atom. The molecule has 1 fully saturated rings. The van der Waals surface area contributed by atoms with Crippen molar-refractivity contribution in [2.24, 2.45) is 0 Å². The van der Waals surface area contributed by atoms with Gasteiger partial charge in [0.2, 0.25) is 0 Å². The van der Waals surface area contributed by atoms with E-state index in [2.05, 4.69) is 0 Å². The second kappa shape index (κ2) is 9.63. The molecule has 0 saturated carbocycles. The fraction of sp³-hybridized carbons (Fsp3) is 0.259. The van der Waals surface area contributed by atoms with Gasteiger partial charge in [0.15, 0.2) is 0 Å². The van der Waals surface area contributed by atoms with Gasteiger partial charge in [-0.3, -0.25) is 4.79 Å². The molecule has 3 aromatic carbocycles. The minimum Gasteiger partial charge on any atom is -0.481 e. The summed E-state index contributed by atoms with van der Waals surface area (Å²) in [4.78, 5) is 25.9. The van der Waals surface area contributed by atoms with Crippen molar-refractivity contribution in [3.8, 4) is 11.1 Å². The van der Waals surface area contributed by atoms with E-state index in [4.69, 9.17) is 4.74 Å². The number of carbonyl (C=O) groups is 2. The molecule has 1 aliphatic heterocycles. The Morgan fingerprint density at radius 3 is 2.41 bits per heavy atom. The van der Waals surface area contributed by atoms with Gasteiger partial charge in [0, 0.05) is 37.4 Å². The highest BCUT2D eigenvalue weighted by molar-refractivity contribution is 5.71. The molecule has 0 spiro atoms. The second-order valence-electron chi connectivity index (χ2n) is 8.49. The second-order valence-corrected chi connectivity index (χ2v) is 8.49. The zero-order valence-electron chi connectivity index (χ0n) is 18.7. The Balaban J connectivity index is 1.52. The van der Waals surface area contributed by atoms with Crippen molar-refractivity contribution in [3.63, 3.8) is 0 Å². The van der Waals surface area contributed by atoms with Crippen molar-refractivity contribution in [2.45, 2.75) is 37.8 Å². The first kappa shape index (κ1) is 23.4. The van der Waals surface area contributed by atoms with Crippen LogP contribution >= 0.6 is 0 Å². The summed E-state index contributed by atoms with van der Waals surface area (Å²) in [6, 6.07) is 19.5. The van der Waals surface area contributed by atoms with Crippen LogP contribution in [-0.4, -0.2) is 28.6 Å². The van der Waals surface area contributed by atoms with Gasteiger partial charge in [0.05, 0.1) is 6.04 Å². The summed E-state index contributed by atoms with van der Waals surface area (Å²) in [5.41, 5.74) is 1.52. The molecule has 1 heterocycles. The number of carboxylic acid groups (broad SMARTS) is 1. The summed E-state index contributed by atoms with van der Waals surface area (Å²) in [6.45, 7) is 2.27. The van der Waals surface area contributed by atoms with Crippen molar-refractivity contribution < 1.29 is 28.2 Å². The molecule has 34 heavy (non-hydrogen) atoms. The van der Waals surface area contributed by atoms with Crippen LogP contribution in [0, 0.1) is 11.6 Å². The van der Waals surface area contributed by atoms with Gasteiger partial charge in [-0.05, 0) is 35.7 Å². The van der Waals surface area contributed by atoms with Crippen LogP contribution in [0.25, 0.3) is 11.1 Å². The molecule has 5 nitrogen and oxygen atoms in total. The summed E-state index contributed by atoms with van der Waals surface area (Å²) < 4.78 is 33.2. The number of ether oxygens (including phenoxy) is 1. The monoisotopic (exact) mass is 465 g/mol. The van der Waals surface area contributed by atoms with E-state index < -0.39 is 29.3 Å². The topological polar surface area (TPSA) is 66.8 Å². The van der Waals surface area contributed by atoms with Gasteiger partial charge in [0.25, 0.3) is 0 Å². The molecule has 1 saturated heterocycles. The van der Waals surface area contributed by atoms with Gasteiger partial charge in [-0.25, -0.2) is 13.6 Å². The molecule has 7 heteroatoms. The molecule has 1 amide bonds. The zero-order valence-corrected chi connectivity index (χ0v) is 18.7. The predicted octanol–water partition coefficient (Wildman–Crippen LogP) is 6.30. The van der Waals surface area contributed by atoms with Crippen molar-refractivity contribution in [1.82, 2.24) is 4.90 Å². The van der Waals surface area contributed by atoms with E-state index in [1.807, 2.05) is 37.3 Å². The van der Waals surface area contributed by atoms with E-state index in [-0.39, 0.29) is 18.9 Å². The Bertz CT molecular complexity index is 1180. The lowest BCUT2D eigenvalue weighted by Crippen LogP contribution is -2.48. The summed E-state index contributed by atoms with van der Waals surface area (Å²) in [7, 11) is 0. The number of aliphatic carboxylic acids is 1. The predicted molar refractivity (Wildman–Crippen MR) is 123 cm³/mol. The van der Waals surface area contributed by atoms with Crippen LogP contribution in [-0.2, 0) is 15.1 Å². The molecule has 0 aromatic heterocycles. The number of amides is 1. The summed E-state index contributed by atoms with van der Waals surface area (Å²) >= 11 is 0. The molecule has 0 bridgehead atoms. The van der Waals surface area contributed by atoms with Crippen LogP contribution < -0.4 is 0 Å². The number of benzene rings is 3. The standard InChI is InChI=1S/C27H25F2NO4/c1-18(19-7-9-20(10-8-19)23-12-11-22(28)17-24(23)29)30-16-15-27(34-26(30)33,14-13-25(31)32)21-5-3-2-4-6-21/h2-12,17-18H,13-16H2,1H3,(H,31,32)/t18-,27-/m0/s1. The van der Waals surface area contributed by atoms with E-state index in [1.54, 1.807) is 29.2 Å².